The number of aryl methyl sites for hydroxylation is 1. The highest BCUT2D eigenvalue weighted by molar-refractivity contribution is 6.62. The number of nitrogens with zero attached hydrogens (tertiary/aromatic N) is 4. The Kier molecular flexibility index (Phi) is 5.35. The van der Waals surface area contributed by atoms with E-state index in [0.717, 1.165) is 36.8 Å². The van der Waals surface area contributed by atoms with Gasteiger partial charge in [-0.2, -0.15) is 15.5 Å². The summed E-state index contributed by atoms with van der Waals surface area (Å²) in [5, 5.41) is 35.3. The van der Waals surface area contributed by atoms with Gasteiger partial charge >= 0.3 is 7.12 Å². The van der Waals surface area contributed by atoms with Crippen LogP contribution in [0.25, 0.3) is 0 Å². The van der Waals surface area contributed by atoms with E-state index in [-0.39, 0.29) is 18.6 Å². The van der Waals surface area contributed by atoms with Crippen LogP contribution >= 0.6 is 0 Å². The van der Waals surface area contributed by atoms with Crippen LogP contribution in [0.5, 0.6) is 0 Å². The van der Waals surface area contributed by atoms with Crippen molar-refractivity contribution in [3.8, 4) is 12.1 Å². The van der Waals surface area contributed by atoms with Crippen molar-refractivity contribution in [2.24, 2.45) is 5.92 Å². The molecule has 1 fully saturated rings. The number of benzene rings is 1. The average molecular weight is 388 g/mol. The summed E-state index contributed by atoms with van der Waals surface area (Å²) in [5.74, 6) is 1.08. The van der Waals surface area contributed by atoms with Gasteiger partial charge in [-0.05, 0) is 37.5 Å². The first-order valence-electron chi connectivity index (χ1n) is 9.72. The van der Waals surface area contributed by atoms with E-state index in [1.165, 1.54) is 0 Å². The number of hydrogen-bond acceptors (Lipinski definition) is 8. The molecule has 0 spiro atoms. The maximum absolute atomic E-state index is 9.89. The first-order valence-corrected chi connectivity index (χ1v) is 9.72. The van der Waals surface area contributed by atoms with Gasteiger partial charge < -0.3 is 20.3 Å². The van der Waals surface area contributed by atoms with E-state index < -0.39 is 7.12 Å². The lowest BCUT2D eigenvalue weighted by Crippen LogP contribution is -2.32. The van der Waals surface area contributed by atoms with Gasteiger partial charge in [0.2, 0.25) is 5.95 Å². The van der Waals surface area contributed by atoms with Crippen molar-refractivity contribution in [3.05, 3.63) is 35.0 Å². The van der Waals surface area contributed by atoms with Crippen molar-refractivity contribution >= 4 is 30.0 Å². The molecular weight excluding hydrogens is 367 g/mol. The second-order valence-corrected chi connectivity index (χ2v) is 7.49. The zero-order chi connectivity index (χ0) is 20.4. The van der Waals surface area contributed by atoms with E-state index in [1.807, 2.05) is 13.0 Å². The van der Waals surface area contributed by atoms with Crippen LogP contribution in [0, 0.1) is 35.5 Å². The highest BCUT2D eigenvalue weighted by atomic mass is 16.5. The van der Waals surface area contributed by atoms with Crippen molar-refractivity contribution < 1.29 is 9.68 Å². The van der Waals surface area contributed by atoms with E-state index in [0.29, 0.717) is 28.5 Å². The molecule has 2 aromatic rings. The molecule has 9 heteroatoms. The lowest BCUT2D eigenvalue weighted by atomic mass is 9.76. The normalized spacial score (nSPS) is 20.5. The second kappa shape index (κ2) is 8.08. The number of nitriles is 2. The third-order valence-corrected chi connectivity index (χ3v) is 5.51. The summed E-state index contributed by atoms with van der Waals surface area (Å²) in [7, 11) is -1.07. The fraction of sp³-hybridized carbons (Fsp3) is 0.400. The van der Waals surface area contributed by atoms with Crippen molar-refractivity contribution in [1.29, 1.82) is 10.5 Å². The Labute approximate surface area is 169 Å². The van der Waals surface area contributed by atoms with Crippen LogP contribution in [0.4, 0.5) is 17.5 Å². The Bertz CT molecular complexity index is 1020. The molecule has 29 heavy (non-hydrogen) atoms. The van der Waals surface area contributed by atoms with Crippen LogP contribution in [-0.4, -0.2) is 28.2 Å². The number of hydrogen-bond donors (Lipinski definition) is 3. The molecule has 1 unspecified atom stereocenters. The largest absolute Gasteiger partial charge is 0.493 e. The molecular formula is C20H21BN6O2. The molecule has 8 nitrogen and oxygen atoms in total. The third-order valence-electron chi connectivity index (χ3n) is 5.51. The van der Waals surface area contributed by atoms with Crippen LogP contribution in [0.2, 0.25) is 0 Å². The van der Waals surface area contributed by atoms with Crippen molar-refractivity contribution in [2.45, 2.75) is 45.3 Å². The quantitative estimate of drug-likeness (QED) is 0.680. The topological polar surface area (TPSA) is 127 Å². The molecule has 4 rings (SSSR count). The minimum absolute atomic E-state index is 0.0177. The Morgan fingerprint density at radius 1 is 1.28 bits per heavy atom. The Balaban J connectivity index is 1.57. The number of aromatic nitrogens is 2. The van der Waals surface area contributed by atoms with Crippen molar-refractivity contribution in [2.75, 3.05) is 10.6 Å². The highest BCUT2D eigenvalue weighted by Gasteiger charge is 2.31. The molecule has 2 atom stereocenters. The zero-order valence-electron chi connectivity index (χ0n) is 16.1. The van der Waals surface area contributed by atoms with Gasteiger partial charge in [0.1, 0.15) is 5.82 Å². The predicted octanol–water partition coefficient (Wildman–Crippen LogP) is 2.11. The molecule has 3 N–H and O–H groups in total. The van der Waals surface area contributed by atoms with Gasteiger partial charge in [0, 0.05) is 29.0 Å². The predicted molar refractivity (Wildman–Crippen MR) is 109 cm³/mol. The van der Waals surface area contributed by atoms with E-state index in [9.17, 15) is 15.5 Å². The summed E-state index contributed by atoms with van der Waals surface area (Å²) in [4.78, 5) is 8.93. The van der Waals surface area contributed by atoms with E-state index in [1.54, 1.807) is 12.3 Å². The molecule has 0 radical (unpaired) electrons. The molecule has 2 heterocycles. The van der Waals surface area contributed by atoms with E-state index >= 15 is 0 Å². The molecule has 2 aliphatic rings. The lowest BCUT2D eigenvalue weighted by molar-refractivity contribution is 0.275. The Hall–Kier alpha value is -3.14. The molecule has 146 valence electrons. The van der Waals surface area contributed by atoms with Gasteiger partial charge in [0.15, 0.2) is 0 Å². The number of nitrogens with one attached hydrogen (secondary N) is 2. The molecule has 0 saturated heterocycles. The molecule has 1 saturated carbocycles. The zero-order valence-corrected chi connectivity index (χ0v) is 16.1. The van der Waals surface area contributed by atoms with Gasteiger partial charge in [-0.15, -0.1) is 0 Å². The summed E-state index contributed by atoms with van der Waals surface area (Å²) >= 11 is 0. The van der Waals surface area contributed by atoms with E-state index in [2.05, 4.69) is 32.7 Å². The minimum atomic E-state index is -1.07. The van der Waals surface area contributed by atoms with Gasteiger partial charge in [0.25, 0.3) is 0 Å². The average Bonchev–Trinajstić information content (AvgIpc) is 3.11. The van der Waals surface area contributed by atoms with Gasteiger partial charge in [-0.25, -0.2) is 4.98 Å². The van der Waals surface area contributed by atoms with Crippen LogP contribution in [0.3, 0.4) is 0 Å². The minimum Gasteiger partial charge on any atom is -0.423 e. The maximum Gasteiger partial charge on any atom is 0.493 e. The Morgan fingerprint density at radius 2 is 2.10 bits per heavy atom. The maximum atomic E-state index is 9.89. The van der Waals surface area contributed by atoms with Crippen LogP contribution in [-0.2, 0) is 11.3 Å². The van der Waals surface area contributed by atoms with Crippen LogP contribution < -0.4 is 16.1 Å². The number of anilines is 3. The lowest BCUT2D eigenvalue weighted by Gasteiger charge is -2.28. The fourth-order valence-corrected chi connectivity index (χ4v) is 3.95. The van der Waals surface area contributed by atoms with Crippen LogP contribution in [0.15, 0.2) is 18.3 Å². The first kappa shape index (κ1) is 19.2. The number of rotatable bonds is 4. The SMILES string of the molecule is Cc1cnc(Nc2cc(C#N)c3c(c2)COB3O)nc1NC1CCCC[C@@H]1C#N. The second-order valence-electron chi connectivity index (χ2n) is 7.49. The third kappa shape index (κ3) is 3.88. The van der Waals surface area contributed by atoms with Crippen molar-refractivity contribution in [1.82, 2.24) is 9.97 Å². The monoisotopic (exact) mass is 388 g/mol. The summed E-state index contributed by atoms with van der Waals surface area (Å²) < 4.78 is 5.22. The first-order chi connectivity index (χ1) is 14.1. The molecule has 1 aliphatic carbocycles. The molecule has 0 amide bonds. The summed E-state index contributed by atoms with van der Waals surface area (Å²) in [6.45, 7) is 2.18. The van der Waals surface area contributed by atoms with Gasteiger partial charge in [0.05, 0.1) is 30.2 Å². The summed E-state index contributed by atoms with van der Waals surface area (Å²) in [6.07, 6.45) is 5.77. The van der Waals surface area contributed by atoms with E-state index in [4.69, 9.17) is 4.65 Å². The van der Waals surface area contributed by atoms with Crippen molar-refractivity contribution in [3.63, 3.8) is 0 Å². The molecule has 0 bridgehead atoms. The highest BCUT2D eigenvalue weighted by Crippen LogP contribution is 2.28. The molecule has 1 aromatic carbocycles. The van der Waals surface area contributed by atoms with Gasteiger partial charge in [-0.3, -0.25) is 0 Å². The smallest absolute Gasteiger partial charge is 0.423 e. The molecule has 1 aromatic heterocycles. The molecule has 1 aliphatic heterocycles. The summed E-state index contributed by atoms with van der Waals surface area (Å²) in [6, 6.07) is 8.07. The standard InChI is InChI=1S/C20H21BN6O2/c1-12-10-24-20(27-19(12)26-17-5-3-2-4-13(17)8-22)25-16-6-14(9-23)18-15(7-16)11-29-21(18)28/h6-7,10,13,17,28H,2-5,11H2,1H3,(H2,24,25,26,27)/t13-,17?/m1/s1. The van der Waals surface area contributed by atoms with Gasteiger partial charge in [-0.1, -0.05) is 12.8 Å². The number of fused-ring (bicyclic) bond motifs is 1. The Morgan fingerprint density at radius 3 is 2.90 bits per heavy atom. The fourth-order valence-electron chi connectivity index (χ4n) is 3.95. The van der Waals surface area contributed by atoms with Crippen LogP contribution in [0.1, 0.15) is 42.4 Å². The summed E-state index contributed by atoms with van der Waals surface area (Å²) in [5.41, 5.74) is 3.20.